The average Bonchev–Trinajstić information content (AvgIpc) is 3.03. The first-order chi connectivity index (χ1) is 7.74. The summed E-state index contributed by atoms with van der Waals surface area (Å²) in [6, 6.07) is 8.52. The van der Waals surface area contributed by atoms with E-state index >= 15 is 0 Å². The number of hydrogen-bond acceptors (Lipinski definition) is 1. The molecule has 0 bridgehead atoms. The molecule has 0 spiro atoms. The van der Waals surface area contributed by atoms with Gasteiger partial charge in [-0.05, 0) is 40.9 Å². The molecule has 84 valence electrons. The Kier molecular flexibility index (Phi) is 2.33. The lowest BCUT2D eigenvalue weighted by molar-refractivity contribution is 0.763. The first kappa shape index (κ1) is 10.4. The van der Waals surface area contributed by atoms with E-state index in [1.165, 1.54) is 27.5 Å². The summed E-state index contributed by atoms with van der Waals surface area (Å²) in [5.41, 5.74) is 8.44. The Morgan fingerprint density at radius 2 is 2.19 bits per heavy atom. The van der Waals surface area contributed by atoms with Crippen LogP contribution in [0.5, 0.6) is 0 Å². The Balaban J connectivity index is 2.18. The number of rotatable bonds is 2. The first-order valence-electron chi connectivity index (χ1n) is 5.67. The predicted octanol–water partition coefficient (Wildman–Crippen LogP) is 3.00. The van der Waals surface area contributed by atoms with E-state index in [1.807, 2.05) is 0 Å². The van der Waals surface area contributed by atoms with Crippen molar-refractivity contribution in [3.05, 3.63) is 34.4 Å². The van der Waals surface area contributed by atoms with E-state index in [9.17, 15) is 0 Å². The Morgan fingerprint density at radius 1 is 1.44 bits per heavy atom. The van der Waals surface area contributed by atoms with Gasteiger partial charge in [0.05, 0.1) is 0 Å². The van der Waals surface area contributed by atoms with E-state index in [4.69, 9.17) is 5.73 Å². The van der Waals surface area contributed by atoms with E-state index in [0.29, 0.717) is 11.8 Å². The SMILES string of the molecule is Cn1c(C2CC2CN)c(Br)c2ccccc21. The summed E-state index contributed by atoms with van der Waals surface area (Å²) < 4.78 is 3.56. The van der Waals surface area contributed by atoms with Crippen molar-refractivity contribution in [3.8, 4) is 0 Å². The van der Waals surface area contributed by atoms with Crippen molar-refractivity contribution < 1.29 is 0 Å². The Labute approximate surface area is 104 Å². The van der Waals surface area contributed by atoms with Crippen LogP contribution in [-0.2, 0) is 7.05 Å². The van der Waals surface area contributed by atoms with Crippen LogP contribution in [0, 0.1) is 5.92 Å². The fraction of sp³-hybridized carbons (Fsp3) is 0.385. The van der Waals surface area contributed by atoms with E-state index in [0.717, 1.165) is 6.54 Å². The molecule has 0 aliphatic heterocycles. The number of fused-ring (bicyclic) bond motifs is 1. The summed E-state index contributed by atoms with van der Waals surface area (Å²) in [6.45, 7) is 0.804. The number of nitrogens with two attached hydrogens (primary N) is 1. The molecule has 3 rings (SSSR count). The van der Waals surface area contributed by atoms with Gasteiger partial charge in [0.15, 0.2) is 0 Å². The van der Waals surface area contributed by atoms with Gasteiger partial charge in [0, 0.05) is 34.0 Å². The second kappa shape index (κ2) is 3.60. The predicted molar refractivity (Wildman–Crippen MR) is 70.5 cm³/mol. The fourth-order valence-electron chi connectivity index (χ4n) is 2.62. The van der Waals surface area contributed by atoms with Crippen LogP contribution in [0.15, 0.2) is 28.7 Å². The summed E-state index contributed by atoms with van der Waals surface area (Å²) in [4.78, 5) is 0. The third-order valence-corrected chi connectivity index (χ3v) is 4.50. The minimum atomic E-state index is 0.650. The second-order valence-corrected chi connectivity index (χ2v) is 5.41. The third kappa shape index (κ3) is 1.35. The lowest BCUT2D eigenvalue weighted by Crippen LogP contribution is -2.04. The number of aromatic nitrogens is 1. The Morgan fingerprint density at radius 3 is 2.81 bits per heavy atom. The van der Waals surface area contributed by atoms with E-state index in [2.05, 4.69) is 51.8 Å². The molecule has 2 N–H and O–H groups in total. The molecule has 2 nitrogen and oxygen atoms in total. The van der Waals surface area contributed by atoms with Crippen LogP contribution in [0.2, 0.25) is 0 Å². The van der Waals surface area contributed by atoms with Crippen LogP contribution in [0.4, 0.5) is 0 Å². The summed E-state index contributed by atoms with van der Waals surface area (Å²) >= 11 is 3.74. The average molecular weight is 279 g/mol. The highest BCUT2D eigenvalue weighted by Crippen LogP contribution is 2.50. The summed E-state index contributed by atoms with van der Waals surface area (Å²) in [6.07, 6.45) is 1.24. The number of halogens is 1. The smallest absolute Gasteiger partial charge is 0.0491 e. The Hall–Kier alpha value is -0.800. The normalized spacial score (nSPS) is 23.9. The molecule has 1 aromatic carbocycles. The third-order valence-electron chi connectivity index (χ3n) is 3.66. The highest BCUT2D eigenvalue weighted by Gasteiger charge is 2.40. The van der Waals surface area contributed by atoms with Gasteiger partial charge < -0.3 is 10.3 Å². The molecular formula is C13H15BrN2. The monoisotopic (exact) mass is 278 g/mol. The van der Waals surface area contributed by atoms with Gasteiger partial charge in [0.25, 0.3) is 0 Å². The zero-order chi connectivity index (χ0) is 11.3. The van der Waals surface area contributed by atoms with Gasteiger partial charge in [-0.3, -0.25) is 0 Å². The maximum atomic E-state index is 5.73. The molecule has 1 saturated carbocycles. The molecule has 1 aliphatic carbocycles. The number of nitrogens with zero attached hydrogens (tertiary/aromatic N) is 1. The zero-order valence-electron chi connectivity index (χ0n) is 9.28. The molecule has 2 aromatic rings. The molecule has 3 heteroatoms. The molecule has 2 atom stereocenters. The van der Waals surface area contributed by atoms with Gasteiger partial charge >= 0.3 is 0 Å². The number of benzene rings is 1. The lowest BCUT2D eigenvalue weighted by Gasteiger charge is -2.03. The lowest BCUT2D eigenvalue weighted by atomic mass is 10.2. The van der Waals surface area contributed by atoms with Gasteiger partial charge in [-0.25, -0.2) is 0 Å². The number of aryl methyl sites for hydroxylation is 1. The molecule has 0 amide bonds. The molecule has 0 saturated heterocycles. The van der Waals surface area contributed by atoms with E-state index < -0.39 is 0 Å². The highest BCUT2D eigenvalue weighted by molar-refractivity contribution is 9.10. The summed E-state index contributed by atoms with van der Waals surface area (Å²) in [5, 5.41) is 1.31. The molecule has 1 heterocycles. The first-order valence-corrected chi connectivity index (χ1v) is 6.46. The van der Waals surface area contributed by atoms with Crippen LogP contribution in [-0.4, -0.2) is 11.1 Å². The minimum absolute atomic E-state index is 0.650. The minimum Gasteiger partial charge on any atom is -0.346 e. The van der Waals surface area contributed by atoms with Crippen molar-refractivity contribution >= 4 is 26.8 Å². The van der Waals surface area contributed by atoms with Crippen LogP contribution in [0.1, 0.15) is 18.0 Å². The molecular weight excluding hydrogens is 264 g/mol. The summed E-state index contributed by atoms with van der Waals surface area (Å²) in [5.74, 6) is 1.33. The van der Waals surface area contributed by atoms with Gasteiger partial charge in [0.1, 0.15) is 0 Å². The molecule has 16 heavy (non-hydrogen) atoms. The van der Waals surface area contributed by atoms with Gasteiger partial charge in [-0.1, -0.05) is 18.2 Å². The standard InChI is InChI=1S/C13H15BrN2/c1-16-11-5-3-2-4-9(11)12(14)13(16)10-6-8(10)7-15/h2-5,8,10H,6-7,15H2,1H3. The summed E-state index contributed by atoms with van der Waals surface area (Å²) in [7, 11) is 2.15. The van der Waals surface area contributed by atoms with Gasteiger partial charge in [-0.15, -0.1) is 0 Å². The van der Waals surface area contributed by atoms with Crippen molar-refractivity contribution in [2.24, 2.45) is 18.7 Å². The number of hydrogen-bond donors (Lipinski definition) is 1. The maximum Gasteiger partial charge on any atom is 0.0491 e. The molecule has 2 unspecified atom stereocenters. The van der Waals surface area contributed by atoms with Crippen molar-refractivity contribution in [1.29, 1.82) is 0 Å². The van der Waals surface area contributed by atoms with Gasteiger partial charge in [0.2, 0.25) is 0 Å². The van der Waals surface area contributed by atoms with Crippen molar-refractivity contribution in [2.45, 2.75) is 12.3 Å². The van der Waals surface area contributed by atoms with Crippen molar-refractivity contribution in [3.63, 3.8) is 0 Å². The van der Waals surface area contributed by atoms with E-state index in [1.54, 1.807) is 0 Å². The maximum absolute atomic E-state index is 5.73. The molecule has 1 aromatic heterocycles. The zero-order valence-corrected chi connectivity index (χ0v) is 10.9. The molecule has 1 fully saturated rings. The van der Waals surface area contributed by atoms with Crippen LogP contribution >= 0.6 is 15.9 Å². The van der Waals surface area contributed by atoms with Crippen LogP contribution in [0.25, 0.3) is 10.9 Å². The number of para-hydroxylation sites is 1. The van der Waals surface area contributed by atoms with E-state index in [-0.39, 0.29) is 0 Å². The van der Waals surface area contributed by atoms with Crippen molar-refractivity contribution in [1.82, 2.24) is 4.57 Å². The van der Waals surface area contributed by atoms with Gasteiger partial charge in [-0.2, -0.15) is 0 Å². The van der Waals surface area contributed by atoms with Crippen molar-refractivity contribution in [2.75, 3.05) is 6.54 Å². The Bertz CT molecular complexity index is 505. The molecule has 1 aliphatic rings. The second-order valence-electron chi connectivity index (χ2n) is 4.61. The largest absolute Gasteiger partial charge is 0.346 e. The fourth-order valence-corrected chi connectivity index (χ4v) is 3.52. The molecule has 0 radical (unpaired) electrons. The quantitative estimate of drug-likeness (QED) is 0.900. The van der Waals surface area contributed by atoms with Crippen LogP contribution < -0.4 is 5.73 Å². The topological polar surface area (TPSA) is 30.9 Å². The highest BCUT2D eigenvalue weighted by atomic mass is 79.9. The van der Waals surface area contributed by atoms with Crippen LogP contribution in [0.3, 0.4) is 0 Å².